The van der Waals surface area contributed by atoms with Crippen molar-refractivity contribution in [1.82, 2.24) is 28.7 Å². The minimum Gasteiger partial charge on any atom is -0.497 e. The van der Waals surface area contributed by atoms with Crippen molar-refractivity contribution in [3.8, 4) is 33.8 Å². The Balaban J connectivity index is 0.00000408. The maximum absolute atomic E-state index is 6.72. The van der Waals surface area contributed by atoms with Crippen LogP contribution in [-0.4, -0.2) is 28.7 Å². The standard InChI is InChI=1S/C52H34N6O.Pd/c1-29-11-9-12-30(2)45(29)37-23-24-38(46-31(3)13-10-14-32(46)4)49-47(37)35-21-19-33(27-39(35)50-55-41-15-5-7-17-43(41)57(49)50)59-34-20-22-36-40(28-34)51-56-42-16-6-8-18-44(42)58(51)52-48(36)53-25-26-54-52;/h5-26H,1-4H3;/q-2;+2. The molecule has 288 valence electrons. The molecule has 8 heteroatoms. The smallest absolute Gasteiger partial charge is 0.497 e. The van der Waals surface area contributed by atoms with Crippen molar-refractivity contribution in [1.29, 1.82) is 0 Å². The molecule has 0 radical (unpaired) electrons. The van der Waals surface area contributed by atoms with Gasteiger partial charge in [0.25, 0.3) is 0 Å². The van der Waals surface area contributed by atoms with E-state index in [0.29, 0.717) is 11.5 Å². The third-order valence-electron chi connectivity index (χ3n) is 11.9. The molecule has 0 fully saturated rings. The molecule has 0 atom stereocenters. The quantitative estimate of drug-likeness (QED) is 0.100. The van der Waals surface area contributed by atoms with Crippen molar-refractivity contribution in [2.24, 2.45) is 0 Å². The molecule has 0 amide bonds. The minimum atomic E-state index is 0. The molecule has 12 rings (SSSR count). The summed E-state index contributed by atoms with van der Waals surface area (Å²) in [5.41, 5.74) is 17.7. The van der Waals surface area contributed by atoms with Crippen molar-refractivity contribution < 1.29 is 25.2 Å². The number of aryl methyl sites for hydroxylation is 4. The minimum absolute atomic E-state index is 0. The molecule has 5 heterocycles. The summed E-state index contributed by atoms with van der Waals surface area (Å²) in [7, 11) is 0. The Bertz CT molecular complexity index is 3730. The zero-order valence-corrected chi connectivity index (χ0v) is 34.7. The molecule has 0 aliphatic carbocycles. The molecule has 7 aromatic carbocycles. The van der Waals surface area contributed by atoms with Crippen molar-refractivity contribution in [3.05, 3.63) is 168 Å². The molecule has 0 saturated carbocycles. The molecule has 0 unspecified atom stereocenters. The van der Waals surface area contributed by atoms with Gasteiger partial charge in [-0.25, -0.2) is 4.98 Å². The first-order valence-electron chi connectivity index (χ1n) is 19.8. The molecule has 0 bridgehead atoms. The molecular formula is C52H34N6OPd. The normalized spacial score (nSPS) is 11.9. The van der Waals surface area contributed by atoms with Gasteiger partial charge in [-0.3, -0.25) is 15.0 Å². The Hall–Kier alpha value is -6.98. The summed E-state index contributed by atoms with van der Waals surface area (Å²) in [6, 6.07) is 49.6. The molecular weight excluding hydrogens is 831 g/mol. The first-order chi connectivity index (χ1) is 28.9. The van der Waals surface area contributed by atoms with Gasteiger partial charge in [-0.1, -0.05) is 119 Å². The van der Waals surface area contributed by atoms with E-state index in [9.17, 15) is 0 Å². The van der Waals surface area contributed by atoms with Crippen molar-refractivity contribution in [2.75, 3.05) is 0 Å². The van der Waals surface area contributed by atoms with Crippen LogP contribution in [0.5, 0.6) is 11.5 Å². The van der Waals surface area contributed by atoms with Gasteiger partial charge >= 0.3 is 20.4 Å². The molecule has 0 aliphatic heterocycles. The van der Waals surface area contributed by atoms with E-state index in [1.54, 1.807) is 12.4 Å². The largest absolute Gasteiger partial charge is 2.00 e. The van der Waals surface area contributed by atoms with E-state index in [1.807, 2.05) is 36.4 Å². The van der Waals surface area contributed by atoms with Crippen LogP contribution in [0.4, 0.5) is 0 Å². The number of pyridine rings is 2. The predicted molar refractivity (Wildman–Crippen MR) is 239 cm³/mol. The number of para-hydroxylation sites is 4. The Morgan fingerprint density at radius 3 is 1.65 bits per heavy atom. The maximum atomic E-state index is 6.72. The number of rotatable bonds is 4. The third kappa shape index (κ3) is 5.18. The summed E-state index contributed by atoms with van der Waals surface area (Å²) in [5.74, 6) is 1.11. The Labute approximate surface area is 358 Å². The van der Waals surface area contributed by atoms with Crippen LogP contribution in [0.1, 0.15) is 22.3 Å². The number of benzene rings is 7. The van der Waals surface area contributed by atoms with E-state index >= 15 is 0 Å². The number of imidazole rings is 2. The number of aromatic nitrogens is 6. The molecule has 7 nitrogen and oxygen atoms in total. The molecule has 0 N–H and O–H groups in total. The van der Waals surface area contributed by atoms with Gasteiger partial charge < -0.3 is 13.5 Å². The number of fused-ring (bicyclic) bond motifs is 16. The monoisotopic (exact) mass is 864 g/mol. The molecule has 5 aromatic heterocycles. The molecule has 12 aromatic rings. The van der Waals surface area contributed by atoms with Crippen LogP contribution in [-0.2, 0) is 20.4 Å². The van der Waals surface area contributed by atoms with Crippen molar-refractivity contribution >= 4 is 77.0 Å². The fraction of sp³-hybridized carbons (Fsp3) is 0.0769. The van der Waals surface area contributed by atoms with Crippen molar-refractivity contribution in [3.63, 3.8) is 0 Å². The predicted octanol–water partition coefficient (Wildman–Crippen LogP) is 12.6. The fourth-order valence-electron chi connectivity index (χ4n) is 9.44. The van der Waals surface area contributed by atoms with Gasteiger partial charge in [0.1, 0.15) is 5.65 Å². The van der Waals surface area contributed by atoms with E-state index in [-0.39, 0.29) is 20.4 Å². The summed E-state index contributed by atoms with van der Waals surface area (Å²) in [4.78, 5) is 19.9. The van der Waals surface area contributed by atoms with E-state index < -0.39 is 0 Å². The van der Waals surface area contributed by atoms with E-state index in [1.165, 1.54) is 44.5 Å². The van der Waals surface area contributed by atoms with Crippen LogP contribution >= 0.6 is 0 Å². The average molecular weight is 865 g/mol. The van der Waals surface area contributed by atoms with Gasteiger partial charge in [0.05, 0.1) is 38.9 Å². The van der Waals surface area contributed by atoms with Crippen LogP contribution < -0.4 is 4.74 Å². The summed E-state index contributed by atoms with van der Waals surface area (Å²) < 4.78 is 11.1. The zero-order chi connectivity index (χ0) is 39.5. The van der Waals surface area contributed by atoms with Crippen LogP contribution in [0.15, 0.2) is 134 Å². The molecule has 60 heavy (non-hydrogen) atoms. The summed E-state index contributed by atoms with van der Waals surface area (Å²) in [5, 5.41) is 4.79. The van der Waals surface area contributed by atoms with E-state index in [2.05, 4.69) is 134 Å². The summed E-state index contributed by atoms with van der Waals surface area (Å²) in [6.07, 6.45) is 3.44. The fourth-order valence-corrected chi connectivity index (χ4v) is 9.44. The number of hydrogen-bond acceptors (Lipinski definition) is 5. The van der Waals surface area contributed by atoms with Gasteiger partial charge in [0, 0.05) is 35.0 Å². The van der Waals surface area contributed by atoms with Gasteiger partial charge in [0.2, 0.25) is 0 Å². The second-order valence-electron chi connectivity index (χ2n) is 15.5. The topological polar surface area (TPSA) is 69.6 Å². The first kappa shape index (κ1) is 36.1. The van der Waals surface area contributed by atoms with Gasteiger partial charge in [-0.15, -0.1) is 12.1 Å². The second kappa shape index (κ2) is 13.5. The maximum Gasteiger partial charge on any atom is 2.00 e. The van der Waals surface area contributed by atoms with Crippen LogP contribution in [0, 0.1) is 39.8 Å². The average Bonchev–Trinajstić information content (AvgIpc) is 3.84. The van der Waals surface area contributed by atoms with Crippen LogP contribution in [0.2, 0.25) is 0 Å². The Kier molecular flexibility index (Phi) is 8.15. The SMILES string of the molecule is Cc1cccc(C)c1-c1ccc(-c2c(C)cccc2C)c2c1c1ccc(Oc3[c-]c4c(cc3)c3nccnc3n3c5ccccc5nc43)[c-]c1c1nc3ccccc3n12.[Pd+2]. The van der Waals surface area contributed by atoms with Gasteiger partial charge in [-0.2, -0.15) is 0 Å². The van der Waals surface area contributed by atoms with Gasteiger partial charge in [-0.05, 0) is 96.3 Å². The van der Waals surface area contributed by atoms with E-state index in [0.717, 1.165) is 77.0 Å². The van der Waals surface area contributed by atoms with E-state index in [4.69, 9.17) is 24.7 Å². The number of ether oxygens (including phenoxy) is 1. The molecule has 0 aliphatic rings. The van der Waals surface area contributed by atoms with Crippen LogP contribution in [0.3, 0.4) is 0 Å². The third-order valence-corrected chi connectivity index (χ3v) is 11.9. The first-order valence-corrected chi connectivity index (χ1v) is 19.8. The van der Waals surface area contributed by atoms with Gasteiger partial charge in [0.15, 0.2) is 0 Å². The zero-order valence-electron chi connectivity index (χ0n) is 33.1. The molecule has 0 spiro atoms. The van der Waals surface area contributed by atoms with Crippen molar-refractivity contribution in [2.45, 2.75) is 27.7 Å². The Morgan fingerprint density at radius 2 is 1.00 bits per heavy atom. The summed E-state index contributed by atoms with van der Waals surface area (Å²) in [6.45, 7) is 8.81. The number of hydrogen-bond donors (Lipinski definition) is 0. The Morgan fingerprint density at radius 1 is 0.483 bits per heavy atom. The molecule has 0 saturated heterocycles. The summed E-state index contributed by atoms with van der Waals surface area (Å²) >= 11 is 0. The second-order valence-corrected chi connectivity index (χ2v) is 15.5. The van der Waals surface area contributed by atoms with Crippen LogP contribution in [0.25, 0.3) is 99.2 Å². The number of nitrogens with zero attached hydrogens (tertiary/aromatic N) is 6.